The number of nitrogens with zero attached hydrogens (tertiary/aromatic N) is 5. The van der Waals surface area contributed by atoms with E-state index in [1.807, 2.05) is 41.2 Å². The Kier molecular flexibility index (Phi) is 5.17. The standard InChI is InChI=1S/C21H25N5OS/c1-15-7-8-16(2)20-19(15)23-21(28-20)24(3)14-18(27)26-12-10-25(11-13-26)17-6-4-5-9-22-17/h4-9H,10-14H2,1-3H3. The number of carbonyl (C=O) groups excluding carboxylic acids is 1. The molecule has 3 aromatic rings. The van der Waals surface area contributed by atoms with Crippen molar-refractivity contribution in [2.45, 2.75) is 13.8 Å². The van der Waals surface area contributed by atoms with Crippen LogP contribution >= 0.6 is 11.3 Å². The number of benzene rings is 1. The fourth-order valence-corrected chi connectivity index (χ4v) is 4.58. The first-order valence-electron chi connectivity index (χ1n) is 9.54. The fraction of sp³-hybridized carbons (Fsp3) is 0.381. The molecule has 0 bridgehead atoms. The summed E-state index contributed by atoms with van der Waals surface area (Å²) in [7, 11) is 1.95. The van der Waals surface area contributed by atoms with Gasteiger partial charge in [0.05, 0.1) is 16.8 Å². The molecule has 146 valence electrons. The molecule has 4 rings (SSSR count). The average Bonchev–Trinajstić information content (AvgIpc) is 3.19. The second-order valence-electron chi connectivity index (χ2n) is 7.29. The van der Waals surface area contributed by atoms with Crippen molar-refractivity contribution in [2.75, 3.05) is 49.6 Å². The zero-order valence-electron chi connectivity index (χ0n) is 16.6. The molecule has 28 heavy (non-hydrogen) atoms. The van der Waals surface area contributed by atoms with Gasteiger partial charge in [0, 0.05) is 39.4 Å². The van der Waals surface area contributed by atoms with Crippen molar-refractivity contribution in [1.29, 1.82) is 0 Å². The Morgan fingerprint density at radius 1 is 1.11 bits per heavy atom. The van der Waals surface area contributed by atoms with E-state index in [4.69, 9.17) is 4.98 Å². The molecule has 0 radical (unpaired) electrons. The molecule has 1 saturated heterocycles. The fourth-order valence-electron chi connectivity index (χ4n) is 3.51. The van der Waals surface area contributed by atoms with E-state index in [2.05, 4.69) is 35.9 Å². The van der Waals surface area contributed by atoms with Crippen LogP contribution in [-0.2, 0) is 4.79 Å². The van der Waals surface area contributed by atoms with Crippen LogP contribution < -0.4 is 9.80 Å². The third-order valence-electron chi connectivity index (χ3n) is 5.24. The maximum Gasteiger partial charge on any atom is 0.242 e. The van der Waals surface area contributed by atoms with Gasteiger partial charge in [0.2, 0.25) is 5.91 Å². The van der Waals surface area contributed by atoms with Gasteiger partial charge in [0.25, 0.3) is 0 Å². The highest BCUT2D eigenvalue weighted by atomic mass is 32.1. The molecule has 6 nitrogen and oxygen atoms in total. The van der Waals surface area contributed by atoms with Gasteiger partial charge in [-0.15, -0.1) is 0 Å². The lowest BCUT2D eigenvalue weighted by molar-refractivity contribution is -0.129. The first-order chi connectivity index (χ1) is 13.5. The van der Waals surface area contributed by atoms with Crippen LogP contribution in [0.1, 0.15) is 11.1 Å². The van der Waals surface area contributed by atoms with Crippen molar-refractivity contribution in [1.82, 2.24) is 14.9 Å². The number of pyridine rings is 1. The number of thiazole rings is 1. The second-order valence-corrected chi connectivity index (χ2v) is 8.26. The maximum atomic E-state index is 12.8. The summed E-state index contributed by atoms with van der Waals surface area (Å²) in [5.41, 5.74) is 3.45. The topological polar surface area (TPSA) is 52.6 Å². The van der Waals surface area contributed by atoms with Crippen LogP contribution in [0.5, 0.6) is 0 Å². The quantitative estimate of drug-likeness (QED) is 0.679. The van der Waals surface area contributed by atoms with Gasteiger partial charge >= 0.3 is 0 Å². The molecule has 0 aliphatic carbocycles. The summed E-state index contributed by atoms with van der Waals surface area (Å²) in [6.07, 6.45) is 1.81. The summed E-state index contributed by atoms with van der Waals surface area (Å²) in [6, 6.07) is 10.2. The predicted molar refractivity (Wildman–Crippen MR) is 115 cm³/mol. The SMILES string of the molecule is Cc1ccc(C)c2sc(N(C)CC(=O)N3CCN(c4ccccn4)CC3)nc12. The highest BCUT2D eigenvalue weighted by Gasteiger charge is 2.23. The maximum absolute atomic E-state index is 12.8. The minimum absolute atomic E-state index is 0.149. The molecule has 1 amide bonds. The smallest absolute Gasteiger partial charge is 0.242 e. The number of carbonyl (C=O) groups is 1. The molecular formula is C21H25N5OS. The summed E-state index contributed by atoms with van der Waals surface area (Å²) in [5, 5.41) is 0.896. The number of amides is 1. The Labute approximate surface area is 169 Å². The number of aryl methyl sites for hydroxylation is 2. The Hall–Kier alpha value is -2.67. The van der Waals surface area contributed by atoms with E-state index in [9.17, 15) is 4.79 Å². The molecule has 0 unspecified atom stereocenters. The van der Waals surface area contributed by atoms with Crippen LogP contribution in [0.2, 0.25) is 0 Å². The molecule has 0 N–H and O–H groups in total. The number of likely N-dealkylation sites (N-methyl/N-ethyl adjacent to an activating group) is 1. The van der Waals surface area contributed by atoms with Gasteiger partial charge in [-0.2, -0.15) is 0 Å². The van der Waals surface area contributed by atoms with Crippen LogP contribution in [0.3, 0.4) is 0 Å². The van der Waals surface area contributed by atoms with Crippen LogP contribution in [0.25, 0.3) is 10.2 Å². The highest BCUT2D eigenvalue weighted by Crippen LogP contribution is 2.32. The zero-order chi connectivity index (χ0) is 19.7. The Morgan fingerprint density at radius 3 is 2.54 bits per heavy atom. The Balaban J connectivity index is 1.39. The van der Waals surface area contributed by atoms with E-state index in [1.165, 1.54) is 15.8 Å². The van der Waals surface area contributed by atoms with Crippen LogP contribution in [0.4, 0.5) is 10.9 Å². The van der Waals surface area contributed by atoms with E-state index in [-0.39, 0.29) is 5.91 Å². The molecule has 1 fully saturated rings. The Bertz CT molecular complexity index is 940. The first kappa shape index (κ1) is 18.7. The molecular weight excluding hydrogens is 370 g/mol. The highest BCUT2D eigenvalue weighted by molar-refractivity contribution is 7.22. The van der Waals surface area contributed by atoms with Gasteiger partial charge in [-0.05, 0) is 37.1 Å². The summed E-state index contributed by atoms with van der Waals surface area (Å²) in [5.74, 6) is 1.13. The van der Waals surface area contributed by atoms with Crippen LogP contribution in [-0.4, -0.2) is 60.5 Å². The molecule has 3 heterocycles. The molecule has 1 aromatic carbocycles. The number of rotatable bonds is 4. The van der Waals surface area contributed by atoms with Gasteiger partial charge in [0.1, 0.15) is 5.82 Å². The lowest BCUT2D eigenvalue weighted by Crippen LogP contribution is -2.51. The largest absolute Gasteiger partial charge is 0.353 e. The minimum Gasteiger partial charge on any atom is -0.353 e. The van der Waals surface area contributed by atoms with E-state index < -0.39 is 0 Å². The monoisotopic (exact) mass is 395 g/mol. The number of hydrogen-bond donors (Lipinski definition) is 0. The van der Waals surface area contributed by atoms with Gasteiger partial charge in [0.15, 0.2) is 5.13 Å². The van der Waals surface area contributed by atoms with Crippen molar-refractivity contribution in [3.8, 4) is 0 Å². The Morgan fingerprint density at radius 2 is 1.86 bits per heavy atom. The number of anilines is 2. The molecule has 0 saturated carbocycles. The summed E-state index contributed by atoms with van der Waals surface area (Å²) < 4.78 is 1.21. The summed E-state index contributed by atoms with van der Waals surface area (Å²) >= 11 is 1.66. The summed E-state index contributed by atoms with van der Waals surface area (Å²) in [6.45, 7) is 7.61. The predicted octanol–water partition coefficient (Wildman–Crippen LogP) is 3.09. The van der Waals surface area contributed by atoms with E-state index in [1.54, 1.807) is 11.3 Å². The lowest BCUT2D eigenvalue weighted by atomic mass is 10.1. The second kappa shape index (κ2) is 7.75. The van der Waals surface area contributed by atoms with Crippen LogP contribution in [0, 0.1) is 13.8 Å². The zero-order valence-corrected chi connectivity index (χ0v) is 17.4. The number of aromatic nitrogens is 2. The molecule has 7 heteroatoms. The van der Waals surface area contributed by atoms with Crippen molar-refractivity contribution in [3.63, 3.8) is 0 Å². The molecule has 1 aliphatic rings. The number of hydrogen-bond acceptors (Lipinski definition) is 6. The molecule has 1 aliphatic heterocycles. The van der Waals surface area contributed by atoms with E-state index in [0.29, 0.717) is 6.54 Å². The van der Waals surface area contributed by atoms with E-state index in [0.717, 1.165) is 42.6 Å². The third-order valence-corrected chi connectivity index (χ3v) is 6.54. The van der Waals surface area contributed by atoms with Crippen molar-refractivity contribution in [3.05, 3.63) is 47.7 Å². The molecule has 2 aromatic heterocycles. The lowest BCUT2D eigenvalue weighted by Gasteiger charge is -2.36. The third kappa shape index (κ3) is 3.67. The first-order valence-corrected chi connectivity index (χ1v) is 10.4. The number of piperazine rings is 1. The molecule has 0 spiro atoms. The normalized spacial score (nSPS) is 14.5. The van der Waals surface area contributed by atoms with Gasteiger partial charge in [-0.3, -0.25) is 4.79 Å². The van der Waals surface area contributed by atoms with Crippen molar-refractivity contribution in [2.24, 2.45) is 0 Å². The van der Waals surface area contributed by atoms with Crippen molar-refractivity contribution < 1.29 is 4.79 Å². The van der Waals surface area contributed by atoms with Gasteiger partial charge in [-0.25, -0.2) is 9.97 Å². The van der Waals surface area contributed by atoms with Gasteiger partial charge < -0.3 is 14.7 Å². The summed E-state index contributed by atoms with van der Waals surface area (Å²) in [4.78, 5) is 28.1. The minimum atomic E-state index is 0.149. The van der Waals surface area contributed by atoms with Gasteiger partial charge in [-0.1, -0.05) is 29.5 Å². The average molecular weight is 396 g/mol. The van der Waals surface area contributed by atoms with Crippen molar-refractivity contribution >= 4 is 38.4 Å². The number of fused-ring (bicyclic) bond motifs is 1. The van der Waals surface area contributed by atoms with E-state index >= 15 is 0 Å². The van der Waals surface area contributed by atoms with Crippen LogP contribution in [0.15, 0.2) is 36.5 Å². The molecule has 0 atom stereocenters.